The van der Waals surface area contributed by atoms with Crippen molar-refractivity contribution in [1.29, 1.82) is 0 Å². The molecule has 0 bridgehead atoms. The number of nitrogens with one attached hydrogen (secondary N) is 1. The van der Waals surface area contributed by atoms with E-state index in [1.165, 1.54) is 6.26 Å². The van der Waals surface area contributed by atoms with Gasteiger partial charge in [0.25, 0.3) is 5.91 Å². The van der Waals surface area contributed by atoms with Crippen LogP contribution in [0.5, 0.6) is 0 Å². The minimum absolute atomic E-state index is 0.251. The Balaban J connectivity index is 2.05. The molecule has 1 amide bonds. The van der Waals surface area contributed by atoms with Crippen molar-refractivity contribution in [3.8, 4) is 0 Å². The Kier molecular flexibility index (Phi) is 5.33. The number of hydrogen-bond acceptors (Lipinski definition) is 4. The van der Waals surface area contributed by atoms with Crippen LogP contribution in [0, 0.1) is 13.8 Å². The lowest BCUT2D eigenvalue weighted by atomic mass is 10.1. The van der Waals surface area contributed by atoms with Crippen molar-refractivity contribution in [2.75, 3.05) is 5.32 Å². The van der Waals surface area contributed by atoms with E-state index in [9.17, 15) is 4.79 Å². The van der Waals surface area contributed by atoms with Gasteiger partial charge in [0.1, 0.15) is 6.26 Å². The number of nitrogens with two attached hydrogens (primary N) is 1. The molecule has 0 radical (unpaired) electrons. The molecule has 2 aromatic rings. The van der Waals surface area contributed by atoms with Gasteiger partial charge in [0.2, 0.25) is 5.89 Å². The number of unbranched alkanes of at least 4 members (excludes halogenated alkanes) is 1. The van der Waals surface area contributed by atoms with Crippen LogP contribution in [0.4, 0.5) is 5.69 Å². The van der Waals surface area contributed by atoms with Crippen molar-refractivity contribution in [3.05, 3.63) is 47.2 Å². The van der Waals surface area contributed by atoms with E-state index in [1.807, 2.05) is 26.0 Å². The quantitative estimate of drug-likeness (QED) is 0.851. The Labute approximate surface area is 130 Å². The molecule has 0 fully saturated rings. The molecule has 1 heterocycles. The van der Waals surface area contributed by atoms with E-state index in [2.05, 4.69) is 23.3 Å². The van der Waals surface area contributed by atoms with Crippen molar-refractivity contribution in [2.24, 2.45) is 5.73 Å². The summed E-state index contributed by atoms with van der Waals surface area (Å²) < 4.78 is 5.33. The summed E-state index contributed by atoms with van der Waals surface area (Å²) in [5, 5.41) is 2.83. The van der Waals surface area contributed by atoms with Gasteiger partial charge in [-0.25, -0.2) is 4.98 Å². The van der Waals surface area contributed by atoms with Crippen LogP contribution in [-0.4, -0.2) is 10.9 Å². The monoisotopic (exact) mass is 301 g/mol. The molecule has 1 atom stereocenters. The SMILES string of the molecule is CCCCC(N)c1nc(C(=O)Nc2cc(C)cc(C)c2)co1. The standard InChI is InChI=1S/C17H23N3O2/c1-4-5-6-14(18)17-20-15(10-22-17)16(21)19-13-8-11(2)7-12(3)9-13/h7-10,14H,4-6,18H2,1-3H3,(H,19,21). The summed E-state index contributed by atoms with van der Waals surface area (Å²) in [7, 11) is 0. The van der Waals surface area contributed by atoms with Crippen molar-refractivity contribution in [1.82, 2.24) is 4.98 Å². The van der Waals surface area contributed by atoms with Crippen molar-refractivity contribution in [2.45, 2.75) is 46.1 Å². The van der Waals surface area contributed by atoms with Crippen LogP contribution in [0.1, 0.15) is 59.7 Å². The number of nitrogens with zero attached hydrogens (tertiary/aromatic N) is 1. The molecule has 2 rings (SSSR count). The molecule has 0 aliphatic carbocycles. The van der Waals surface area contributed by atoms with Crippen LogP contribution in [0.15, 0.2) is 28.9 Å². The van der Waals surface area contributed by atoms with Crippen molar-refractivity contribution >= 4 is 11.6 Å². The lowest BCUT2D eigenvalue weighted by Crippen LogP contribution is -2.14. The highest BCUT2D eigenvalue weighted by atomic mass is 16.3. The lowest BCUT2D eigenvalue weighted by Gasteiger charge is -2.06. The maximum atomic E-state index is 12.2. The van der Waals surface area contributed by atoms with Crippen LogP contribution < -0.4 is 11.1 Å². The number of carbonyl (C=O) groups is 1. The number of rotatable bonds is 6. The van der Waals surface area contributed by atoms with Gasteiger partial charge in [0.05, 0.1) is 6.04 Å². The molecule has 118 valence electrons. The highest BCUT2D eigenvalue weighted by Gasteiger charge is 2.17. The molecule has 1 aromatic heterocycles. The molecule has 0 saturated heterocycles. The van der Waals surface area contributed by atoms with Crippen molar-refractivity contribution in [3.63, 3.8) is 0 Å². The first-order valence-electron chi connectivity index (χ1n) is 7.60. The summed E-state index contributed by atoms with van der Waals surface area (Å²) in [5.41, 5.74) is 9.19. The molecule has 22 heavy (non-hydrogen) atoms. The van der Waals surface area contributed by atoms with Crippen LogP contribution in [0.2, 0.25) is 0 Å². The van der Waals surface area contributed by atoms with Gasteiger partial charge >= 0.3 is 0 Å². The molecule has 1 aromatic carbocycles. The second-order valence-corrected chi connectivity index (χ2v) is 5.65. The second-order valence-electron chi connectivity index (χ2n) is 5.65. The summed E-state index contributed by atoms with van der Waals surface area (Å²) in [5.74, 6) is 0.127. The zero-order valence-electron chi connectivity index (χ0n) is 13.3. The Morgan fingerprint density at radius 3 is 2.64 bits per heavy atom. The first-order chi connectivity index (χ1) is 10.5. The minimum Gasteiger partial charge on any atom is -0.446 e. The Morgan fingerprint density at radius 1 is 1.32 bits per heavy atom. The zero-order valence-corrected chi connectivity index (χ0v) is 13.3. The van der Waals surface area contributed by atoms with Gasteiger partial charge in [0.15, 0.2) is 5.69 Å². The molecule has 0 aliphatic heterocycles. The van der Waals surface area contributed by atoms with Crippen LogP contribution in [0.3, 0.4) is 0 Å². The van der Waals surface area contributed by atoms with Gasteiger partial charge in [-0.15, -0.1) is 0 Å². The molecule has 3 N–H and O–H groups in total. The fraction of sp³-hybridized carbons (Fsp3) is 0.412. The average molecular weight is 301 g/mol. The van der Waals surface area contributed by atoms with Crippen LogP contribution in [-0.2, 0) is 0 Å². The molecule has 0 aliphatic rings. The summed E-state index contributed by atoms with van der Waals surface area (Å²) >= 11 is 0. The second kappa shape index (κ2) is 7.22. The molecule has 5 heteroatoms. The van der Waals surface area contributed by atoms with Gasteiger partial charge in [-0.05, 0) is 43.5 Å². The van der Waals surface area contributed by atoms with Gasteiger partial charge in [-0.1, -0.05) is 25.8 Å². The smallest absolute Gasteiger partial charge is 0.277 e. The maximum Gasteiger partial charge on any atom is 0.277 e. The average Bonchev–Trinajstić information content (AvgIpc) is 2.93. The largest absolute Gasteiger partial charge is 0.446 e. The number of aryl methyl sites for hydroxylation is 2. The van der Waals surface area contributed by atoms with E-state index in [1.54, 1.807) is 0 Å². The number of hydrogen-bond donors (Lipinski definition) is 2. The van der Waals surface area contributed by atoms with Gasteiger partial charge in [-0.3, -0.25) is 4.79 Å². The molecule has 1 unspecified atom stereocenters. The molecular formula is C17H23N3O2. The first-order valence-corrected chi connectivity index (χ1v) is 7.60. The number of aromatic nitrogens is 1. The third-order valence-electron chi connectivity index (χ3n) is 3.42. The lowest BCUT2D eigenvalue weighted by molar-refractivity contribution is 0.102. The number of anilines is 1. The molecule has 0 spiro atoms. The summed E-state index contributed by atoms with van der Waals surface area (Å²) in [4.78, 5) is 16.4. The topological polar surface area (TPSA) is 81.1 Å². The van der Waals surface area contributed by atoms with E-state index in [0.717, 1.165) is 36.1 Å². The zero-order chi connectivity index (χ0) is 16.1. The van der Waals surface area contributed by atoms with E-state index in [4.69, 9.17) is 10.2 Å². The number of amides is 1. The minimum atomic E-state index is -0.289. The molecule has 5 nitrogen and oxygen atoms in total. The van der Waals surface area contributed by atoms with Gasteiger partial charge in [-0.2, -0.15) is 0 Å². The summed E-state index contributed by atoms with van der Waals surface area (Å²) in [6, 6.07) is 5.62. The van der Waals surface area contributed by atoms with E-state index in [0.29, 0.717) is 5.89 Å². The molecule has 0 saturated carbocycles. The molecular weight excluding hydrogens is 278 g/mol. The normalized spacial score (nSPS) is 12.2. The Morgan fingerprint density at radius 2 is 2.00 bits per heavy atom. The van der Waals surface area contributed by atoms with Gasteiger partial charge in [0, 0.05) is 5.69 Å². The fourth-order valence-electron chi connectivity index (χ4n) is 2.35. The van der Waals surface area contributed by atoms with E-state index < -0.39 is 0 Å². The predicted molar refractivity (Wildman–Crippen MR) is 86.8 cm³/mol. The fourth-order valence-corrected chi connectivity index (χ4v) is 2.35. The highest BCUT2D eigenvalue weighted by Crippen LogP contribution is 2.18. The van der Waals surface area contributed by atoms with Crippen LogP contribution in [0.25, 0.3) is 0 Å². The predicted octanol–water partition coefficient (Wildman–Crippen LogP) is 3.73. The third-order valence-corrected chi connectivity index (χ3v) is 3.42. The third kappa shape index (κ3) is 4.18. The Bertz CT molecular complexity index is 629. The number of oxazole rings is 1. The number of benzene rings is 1. The highest BCUT2D eigenvalue weighted by molar-refractivity contribution is 6.02. The van der Waals surface area contributed by atoms with E-state index >= 15 is 0 Å². The van der Waals surface area contributed by atoms with E-state index in [-0.39, 0.29) is 17.6 Å². The first kappa shape index (κ1) is 16.2. The summed E-state index contributed by atoms with van der Waals surface area (Å²) in [6.45, 7) is 6.08. The maximum absolute atomic E-state index is 12.2. The van der Waals surface area contributed by atoms with Crippen molar-refractivity contribution < 1.29 is 9.21 Å². The number of carbonyl (C=O) groups excluding carboxylic acids is 1. The Hall–Kier alpha value is -2.14. The summed E-state index contributed by atoms with van der Waals surface area (Å²) in [6.07, 6.45) is 4.23. The van der Waals surface area contributed by atoms with Gasteiger partial charge < -0.3 is 15.5 Å². The van der Waals surface area contributed by atoms with Crippen LogP contribution >= 0.6 is 0 Å².